The molecule has 0 radical (unpaired) electrons. The van der Waals surface area contributed by atoms with Crippen LogP contribution in [0.2, 0.25) is 0 Å². The standard InChI is InChI=1S/C14H15BrN4O2/c1-8(2)10-7-9(15)3-4-11(10)21-14-12(13(16)19-20)17-5-6-18-14/h3-8,20H,1-2H3,(H2,16,19). The number of nitrogens with two attached hydrogens (primary N) is 1. The van der Waals surface area contributed by atoms with Gasteiger partial charge < -0.3 is 15.7 Å². The zero-order valence-electron chi connectivity index (χ0n) is 11.6. The molecule has 0 aliphatic rings. The van der Waals surface area contributed by atoms with Gasteiger partial charge >= 0.3 is 0 Å². The van der Waals surface area contributed by atoms with Gasteiger partial charge in [0.05, 0.1) is 0 Å². The minimum absolute atomic E-state index is 0.152. The first kappa shape index (κ1) is 15.2. The van der Waals surface area contributed by atoms with Gasteiger partial charge in [0.25, 0.3) is 0 Å². The summed E-state index contributed by atoms with van der Waals surface area (Å²) in [6.45, 7) is 4.13. The van der Waals surface area contributed by atoms with E-state index in [4.69, 9.17) is 15.7 Å². The van der Waals surface area contributed by atoms with E-state index in [9.17, 15) is 0 Å². The smallest absolute Gasteiger partial charge is 0.249 e. The van der Waals surface area contributed by atoms with Crippen LogP contribution in [0.25, 0.3) is 0 Å². The normalized spacial score (nSPS) is 11.7. The molecule has 0 bridgehead atoms. The van der Waals surface area contributed by atoms with Crippen LogP contribution in [0.1, 0.15) is 31.0 Å². The summed E-state index contributed by atoms with van der Waals surface area (Å²) in [5.41, 5.74) is 6.79. The Labute approximate surface area is 130 Å². The summed E-state index contributed by atoms with van der Waals surface area (Å²) in [5.74, 6) is 0.959. The molecule has 2 aromatic rings. The second-order valence-corrected chi connectivity index (χ2v) is 5.55. The van der Waals surface area contributed by atoms with Crippen LogP contribution in [0.15, 0.2) is 40.2 Å². The number of ether oxygens (including phenoxy) is 1. The van der Waals surface area contributed by atoms with E-state index in [0.717, 1.165) is 10.0 Å². The van der Waals surface area contributed by atoms with E-state index in [-0.39, 0.29) is 23.3 Å². The average molecular weight is 351 g/mol. The van der Waals surface area contributed by atoms with Crippen LogP contribution >= 0.6 is 15.9 Å². The first-order valence-corrected chi connectivity index (χ1v) is 7.08. The van der Waals surface area contributed by atoms with Crippen LogP contribution in [0.4, 0.5) is 0 Å². The highest BCUT2D eigenvalue weighted by molar-refractivity contribution is 9.10. The van der Waals surface area contributed by atoms with Crippen LogP contribution in [0.3, 0.4) is 0 Å². The van der Waals surface area contributed by atoms with Crippen LogP contribution in [-0.2, 0) is 0 Å². The summed E-state index contributed by atoms with van der Waals surface area (Å²) >= 11 is 3.44. The Kier molecular flexibility index (Phi) is 4.74. The fourth-order valence-electron chi connectivity index (χ4n) is 1.79. The molecule has 0 unspecified atom stereocenters. The third kappa shape index (κ3) is 3.49. The number of hydrogen-bond acceptors (Lipinski definition) is 5. The van der Waals surface area contributed by atoms with Gasteiger partial charge in [0.2, 0.25) is 5.88 Å². The van der Waals surface area contributed by atoms with Gasteiger partial charge in [-0.25, -0.2) is 9.97 Å². The number of halogens is 1. The number of benzene rings is 1. The Hall–Kier alpha value is -2.15. The Morgan fingerprint density at radius 3 is 2.71 bits per heavy atom. The van der Waals surface area contributed by atoms with E-state index in [1.54, 1.807) is 0 Å². The second kappa shape index (κ2) is 6.53. The quantitative estimate of drug-likeness (QED) is 0.382. The summed E-state index contributed by atoms with van der Waals surface area (Å²) in [7, 11) is 0. The lowest BCUT2D eigenvalue weighted by Crippen LogP contribution is -2.16. The zero-order valence-corrected chi connectivity index (χ0v) is 13.2. The van der Waals surface area contributed by atoms with Crippen LogP contribution < -0.4 is 10.5 Å². The van der Waals surface area contributed by atoms with Gasteiger partial charge in [-0.3, -0.25) is 0 Å². The van der Waals surface area contributed by atoms with Crippen LogP contribution in [-0.4, -0.2) is 21.0 Å². The third-order valence-corrected chi connectivity index (χ3v) is 3.31. The third-order valence-electron chi connectivity index (χ3n) is 2.82. The van der Waals surface area contributed by atoms with Crippen molar-refractivity contribution in [2.45, 2.75) is 19.8 Å². The van der Waals surface area contributed by atoms with Crippen LogP contribution in [0, 0.1) is 0 Å². The van der Waals surface area contributed by atoms with Crippen molar-refractivity contribution in [1.82, 2.24) is 9.97 Å². The minimum Gasteiger partial charge on any atom is -0.437 e. The molecule has 0 spiro atoms. The lowest BCUT2D eigenvalue weighted by molar-refractivity contribution is 0.318. The van der Waals surface area contributed by atoms with Gasteiger partial charge in [-0.15, -0.1) is 0 Å². The summed E-state index contributed by atoms with van der Waals surface area (Å²) in [4.78, 5) is 8.12. The lowest BCUT2D eigenvalue weighted by atomic mass is 10.0. The molecule has 21 heavy (non-hydrogen) atoms. The van der Waals surface area contributed by atoms with Crippen molar-refractivity contribution in [3.8, 4) is 11.6 Å². The molecule has 0 atom stereocenters. The van der Waals surface area contributed by atoms with E-state index in [0.29, 0.717) is 5.75 Å². The molecule has 1 heterocycles. The Morgan fingerprint density at radius 1 is 1.33 bits per heavy atom. The lowest BCUT2D eigenvalue weighted by Gasteiger charge is -2.14. The maximum atomic E-state index is 8.79. The number of rotatable bonds is 4. The van der Waals surface area contributed by atoms with Crippen molar-refractivity contribution >= 4 is 21.8 Å². The van der Waals surface area contributed by atoms with E-state index in [2.05, 4.69) is 44.9 Å². The molecular formula is C14H15BrN4O2. The number of nitrogens with zero attached hydrogens (tertiary/aromatic N) is 3. The van der Waals surface area contributed by atoms with Crippen molar-refractivity contribution in [2.24, 2.45) is 10.9 Å². The first-order chi connectivity index (χ1) is 10.0. The fraction of sp³-hybridized carbons (Fsp3) is 0.214. The molecule has 7 heteroatoms. The predicted octanol–water partition coefficient (Wildman–Crippen LogP) is 3.25. The highest BCUT2D eigenvalue weighted by Gasteiger charge is 2.15. The molecule has 0 aliphatic carbocycles. The van der Waals surface area contributed by atoms with Gasteiger partial charge in [-0.1, -0.05) is 34.9 Å². The molecule has 1 aromatic carbocycles. The topological polar surface area (TPSA) is 93.6 Å². The maximum Gasteiger partial charge on any atom is 0.249 e. The number of amidine groups is 1. The molecule has 6 nitrogen and oxygen atoms in total. The minimum atomic E-state index is -0.152. The van der Waals surface area contributed by atoms with E-state index in [1.165, 1.54) is 12.4 Å². The summed E-state index contributed by atoms with van der Waals surface area (Å²) in [6.07, 6.45) is 2.93. The highest BCUT2D eigenvalue weighted by Crippen LogP contribution is 2.32. The molecule has 3 N–H and O–H groups in total. The van der Waals surface area contributed by atoms with Gasteiger partial charge in [0.15, 0.2) is 11.5 Å². The number of oxime groups is 1. The molecule has 2 rings (SSSR count). The molecular weight excluding hydrogens is 336 g/mol. The summed E-state index contributed by atoms with van der Waals surface area (Å²) < 4.78 is 6.78. The van der Waals surface area contributed by atoms with E-state index >= 15 is 0 Å². The predicted molar refractivity (Wildman–Crippen MR) is 82.8 cm³/mol. The number of hydrogen-bond donors (Lipinski definition) is 2. The molecule has 0 aliphatic heterocycles. The summed E-state index contributed by atoms with van der Waals surface area (Å²) in [5, 5.41) is 11.7. The molecule has 0 amide bonds. The zero-order chi connectivity index (χ0) is 15.4. The Balaban J connectivity index is 2.44. The Bertz CT molecular complexity index is 674. The summed E-state index contributed by atoms with van der Waals surface area (Å²) in [6, 6.07) is 5.70. The highest BCUT2D eigenvalue weighted by atomic mass is 79.9. The van der Waals surface area contributed by atoms with Crippen molar-refractivity contribution in [3.63, 3.8) is 0 Å². The van der Waals surface area contributed by atoms with Gasteiger partial charge in [-0.2, -0.15) is 0 Å². The first-order valence-electron chi connectivity index (χ1n) is 6.29. The molecule has 0 saturated carbocycles. The van der Waals surface area contributed by atoms with Crippen molar-refractivity contribution < 1.29 is 9.94 Å². The second-order valence-electron chi connectivity index (χ2n) is 4.63. The van der Waals surface area contributed by atoms with Gasteiger partial charge in [-0.05, 0) is 29.7 Å². The monoisotopic (exact) mass is 350 g/mol. The fourth-order valence-corrected chi connectivity index (χ4v) is 2.17. The SMILES string of the molecule is CC(C)c1cc(Br)ccc1Oc1nccnc1/C(N)=N/O. The largest absolute Gasteiger partial charge is 0.437 e. The Morgan fingerprint density at radius 2 is 2.05 bits per heavy atom. The number of aromatic nitrogens is 2. The van der Waals surface area contributed by atoms with E-state index < -0.39 is 0 Å². The van der Waals surface area contributed by atoms with Crippen molar-refractivity contribution in [3.05, 3.63) is 46.3 Å². The average Bonchev–Trinajstić information content (AvgIpc) is 2.48. The van der Waals surface area contributed by atoms with Crippen molar-refractivity contribution in [1.29, 1.82) is 0 Å². The van der Waals surface area contributed by atoms with Crippen LogP contribution in [0.5, 0.6) is 11.6 Å². The molecule has 110 valence electrons. The molecule has 0 saturated heterocycles. The molecule has 1 aromatic heterocycles. The van der Waals surface area contributed by atoms with Gasteiger partial charge in [0, 0.05) is 16.9 Å². The molecule has 0 fully saturated rings. The maximum absolute atomic E-state index is 8.79. The van der Waals surface area contributed by atoms with E-state index in [1.807, 2.05) is 18.2 Å². The van der Waals surface area contributed by atoms with Gasteiger partial charge in [0.1, 0.15) is 5.75 Å². The van der Waals surface area contributed by atoms with Crippen molar-refractivity contribution in [2.75, 3.05) is 0 Å².